The van der Waals surface area contributed by atoms with Crippen LogP contribution in [0.5, 0.6) is 11.5 Å². The fourth-order valence-corrected chi connectivity index (χ4v) is 3.82. The molecule has 0 aliphatic carbocycles. The van der Waals surface area contributed by atoms with E-state index in [9.17, 15) is 4.79 Å². The van der Waals surface area contributed by atoms with Gasteiger partial charge < -0.3 is 14.4 Å². The average molecular weight is 388 g/mol. The van der Waals surface area contributed by atoms with E-state index in [4.69, 9.17) is 9.47 Å². The van der Waals surface area contributed by atoms with Crippen LogP contribution < -0.4 is 9.47 Å². The highest BCUT2D eigenvalue weighted by Gasteiger charge is 2.16. The van der Waals surface area contributed by atoms with Crippen LogP contribution in [0.2, 0.25) is 0 Å². The molecule has 6 nitrogen and oxygen atoms in total. The summed E-state index contributed by atoms with van der Waals surface area (Å²) >= 11 is 1.43. The molecule has 0 bridgehead atoms. The van der Waals surface area contributed by atoms with Crippen molar-refractivity contribution in [2.24, 2.45) is 0 Å². The van der Waals surface area contributed by atoms with Gasteiger partial charge in [-0.05, 0) is 43.2 Å². The number of benzene rings is 1. The van der Waals surface area contributed by atoms with E-state index in [-0.39, 0.29) is 5.91 Å². The smallest absolute Gasteiger partial charge is 0.232 e. The number of nitrogens with zero attached hydrogens (tertiary/aromatic N) is 3. The van der Waals surface area contributed by atoms with Gasteiger partial charge in [0.15, 0.2) is 0 Å². The molecule has 0 saturated carbocycles. The zero-order valence-corrected chi connectivity index (χ0v) is 16.6. The van der Waals surface area contributed by atoms with Gasteiger partial charge in [-0.25, -0.2) is 0 Å². The summed E-state index contributed by atoms with van der Waals surface area (Å²) < 4.78 is 10.7. The Labute approximate surface area is 164 Å². The second kappa shape index (κ2) is 9.60. The minimum absolute atomic E-state index is 0.183. The molecular weight excluding hydrogens is 362 g/mol. The van der Waals surface area contributed by atoms with E-state index >= 15 is 0 Å². The van der Waals surface area contributed by atoms with Gasteiger partial charge in [0.2, 0.25) is 5.91 Å². The highest BCUT2D eigenvalue weighted by Crippen LogP contribution is 2.32. The first-order valence-electron chi connectivity index (χ1n) is 9.18. The molecule has 0 unspecified atom stereocenters. The minimum atomic E-state index is 0.183. The van der Waals surface area contributed by atoms with Crippen molar-refractivity contribution in [2.75, 3.05) is 33.1 Å². The minimum Gasteiger partial charge on any atom is -0.497 e. The van der Waals surface area contributed by atoms with E-state index < -0.39 is 0 Å². The number of aromatic nitrogens is 2. The predicted molar refractivity (Wildman–Crippen MR) is 106 cm³/mol. The summed E-state index contributed by atoms with van der Waals surface area (Å²) in [4.78, 5) is 14.4. The second-order valence-electron chi connectivity index (χ2n) is 6.41. The zero-order valence-electron chi connectivity index (χ0n) is 15.8. The third-order valence-corrected chi connectivity index (χ3v) is 5.53. The molecule has 1 aliphatic heterocycles. The Morgan fingerprint density at radius 1 is 1.04 bits per heavy atom. The Hall–Kier alpha value is -2.28. The standard InChI is InChI=1S/C20H25N3O3S/c1-25-15-7-9-18(26-2)16(13-15)17-8-10-19(22-21-17)27-14-20(24)23-11-5-3-4-6-12-23/h7-10,13H,3-6,11-12,14H2,1-2H3. The first kappa shape index (κ1) is 19.5. The van der Waals surface area contributed by atoms with E-state index in [1.807, 2.05) is 35.2 Å². The number of likely N-dealkylation sites (tertiary alicyclic amines) is 1. The van der Waals surface area contributed by atoms with Gasteiger partial charge in [-0.2, -0.15) is 0 Å². The molecule has 3 rings (SSSR count). The number of amides is 1. The number of carbonyl (C=O) groups excluding carboxylic acids is 1. The largest absolute Gasteiger partial charge is 0.497 e. The van der Waals surface area contributed by atoms with E-state index in [1.165, 1.54) is 24.6 Å². The molecule has 0 atom stereocenters. The SMILES string of the molecule is COc1ccc(OC)c(-c2ccc(SCC(=O)N3CCCCCC3)nn2)c1. The lowest BCUT2D eigenvalue weighted by molar-refractivity contribution is -0.128. The molecular formula is C20H25N3O3S. The Kier molecular flexibility index (Phi) is 6.92. The van der Waals surface area contributed by atoms with Crippen LogP contribution in [-0.2, 0) is 4.79 Å². The van der Waals surface area contributed by atoms with Gasteiger partial charge in [0.05, 0.1) is 25.7 Å². The van der Waals surface area contributed by atoms with Crippen molar-refractivity contribution in [3.63, 3.8) is 0 Å². The van der Waals surface area contributed by atoms with E-state index in [1.54, 1.807) is 14.2 Å². The van der Waals surface area contributed by atoms with Crippen molar-refractivity contribution in [1.82, 2.24) is 15.1 Å². The predicted octanol–water partition coefficient (Wildman–Crippen LogP) is 3.66. The first-order valence-corrected chi connectivity index (χ1v) is 10.2. The number of thioether (sulfide) groups is 1. The molecule has 27 heavy (non-hydrogen) atoms. The van der Waals surface area contributed by atoms with Crippen LogP contribution in [0.15, 0.2) is 35.4 Å². The molecule has 1 aliphatic rings. The second-order valence-corrected chi connectivity index (χ2v) is 7.40. The Morgan fingerprint density at radius 3 is 2.44 bits per heavy atom. The maximum atomic E-state index is 12.4. The van der Waals surface area contributed by atoms with E-state index in [0.717, 1.165) is 42.3 Å². The molecule has 0 N–H and O–H groups in total. The number of methoxy groups -OCH3 is 2. The first-order chi connectivity index (χ1) is 13.2. The van der Waals surface area contributed by atoms with Crippen LogP contribution in [0, 0.1) is 0 Å². The summed E-state index contributed by atoms with van der Waals surface area (Å²) in [6.07, 6.45) is 4.65. The molecule has 1 amide bonds. The van der Waals surface area contributed by atoms with Gasteiger partial charge in [0, 0.05) is 18.7 Å². The molecule has 0 spiro atoms. The highest BCUT2D eigenvalue weighted by atomic mass is 32.2. The quantitative estimate of drug-likeness (QED) is 0.705. The van der Waals surface area contributed by atoms with E-state index in [2.05, 4.69) is 10.2 Å². The third-order valence-electron chi connectivity index (χ3n) is 4.62. The van der Waals surface area contributed by atoms with Crippen molar-refractivity contribution in [1.29, 1.82) is 0 Å². The molecule has 2 heterocycles. The van der Waals surface area contributed by atoms with Crippen LogP contribution in [0.4, 0.5) is 0 Å². The Balaban J connectivity index is 1.64. The monoisotopic (exact) mass is 387 g/mol. The molecule has 144 valence electrons. The molecule has 7 heteroatoms. The maximum Gasteiger partial charge on any atom is 0.232 e. The van der Waals surface area contributed by atoms with Crippen LogP contribution in [-0.4, -0.2) is 54.1 Å². The van der Waals surface area contributed by atoms with Crippen LogP contribution in [0.25, 0.3) is 11.3 Å². The fourth-order valence-electron chi connectivity index (χ4n) is 3.10. The lowest BCUT2D eigenvalue weighted by Crippen LogP contribution is -2.33. The number of carbonyl (C=O) groups is 1. The van der Waals surface area contributed by atoms with Crippen molar-refractivity contribution in [2.45, 2.75) is 30.7 Å². The number of rotatable bonds is 6. The van der Waals surface area contributed by atoms with Crippen LogP contribution >= 0.6 is 11.8 Å². The number of hydrogen-bond acceptors (Lipinski definition) is 6. The molecule has 1 aromatic heterocycles. The maximum absolute atomic E-state index is 12.4. The van der Waals surface area contributed by atoms with Crippen LogP contribution in [0.1, 0.15) is 25.7 Å². The topological polar surface area (TPSA) is 64.6 Å². The van der Waals surface area contributed by atoms with Crippen molar-refractivity contribution in [3.8, 4) is 22.8 Å². The summed E-state index contributed by atoms with van der Waals surface area (Å²) in [6, 6.07) is 9.34. The van der Waals surface area contributed by atoms with E-state index in [0.29, 0.717) is 17.2 Å². The molecule has 0 radical (unpaired) electrons. The molecule has 1 saturated heterocycles. The summed E-state index contributed by atoms with van der Waals surface area (Å²) in [5, 5.41) is 9.31. The lowest BCUT2D eigenvalue weighted by atomic mass is 10.1. The third kappa shape index (κ3) is 5.13. The van der Waals surface area contributed by atoms with Gasteiger partial charge in [-0.1, -0.05) is 24.6 Å². The van der Waals surface area contributed by atoms with Gasteiger partial charge in [-0.3, -0.25) is 4.79 Å². The van der Waals surface area contributed by atoms with Crippen molar-refractivity contribution >= 4 is 17.7 Å². The number of hydrogen-bond donors (Lipinski definition) is 0. The summed E-state index contributed by atoms with van der Waals surface area (Å²) in [6.45, 7) is 1.75. The highest BCUT2D eigenvalue weighted by molar-refractivity contribution is 7.99. The molecule has 2 aromatic rings. The lowest BCUT2D eigenvalue weighted by Gasteiger charge is -2.19. The van der Waals surface area contributed by atoms with Gasteiger partial charge >= 0.3 is 0 Å². The average Bonchev–Trinajstić information content (AvgIpc) is 3.01. The van der Waals surface area contributed by atoms with Crippen molar-refractivity contribution < 1.29 is 14.3 Å². The summed E-state index contributed by atoms with van der Waals surface area (Å²) in [7, 11) is 3.25. The van der Waals surface area contributed by atoms with Gasteiger partial charge in [0.25, 0.3) is 0 Å². The Morgan fingerprint density at radius 2 is 1.81 bits per heavy atom. The van der Waals surface area contributed by atoms with Gasteiger partial charge in [0.1, 0.15) is 16.5 Å². The normalized spacial score (nSPS) is 14.5. The molecule has 1 fully saturated rings. The number of ether oxygens (including phenoxy) is 2. The van der Waals surface area contributed by atoms with Gasteiger partial charge in [-0.15, -0.1) is 10.2 Å². The van der Waals surface area contributed by atoms with Crippen LogP contribution in [0.3, 0.4) is 0 Å². The summed E-state index contributed by atoms with van der Waals surface area (Å²) in [5.41, 5.74) is 1.52. The Bertz CT molecular complexity index is 760. The van der Waals surface area contributed by atoms with Crippen molar-refractivity contribution in [3.05, 3.63) is 30.3 Å². The fraction of sp³-hybridized carbons (Fsp3) is 0.450. The molecule has 1 aromatic carbocycles. The zero-order chi connectivity index (χ0) is 19.1. The summed E-state index contributed by atoms with van der Waals surface area (Å²) in [5.74, 6) is 2.02.